The summed E-state index contributed by atoms with van der Waals surface area (Å²) in [7, 11) is 1.49. The van der Waals surface area contributed by atoms with Crippen molar-refractivity contribution in [3.8, 4) is 0 Å². The van der Waals surface area contributed by atoms with Gasteiger partial charge in [0, 0.05) is 24.5 Å². The quantitative estimate of drug-likeness (QED) is 0.593. The highest BCUT2D eigenvalue weighted by molar-refractivity contribution is 7.17. The average Bonchev–Trinajstić information content (AvgIpc) is 2.97. The Hall–Kier alpha value is -2.94. The first-order valence-electron chi connectivity index (χ1n) is 6.14. The van der Waals surface area contributed by atoms with Gasteiger partial charge in [0.25, 0.3) is 5.91 Å². The predicted molar refractivity (Wildman–Crippen MR) is 83.4 cm³/mol. The van der Waals surface area contributed by atoms with Crippen molar-refractivity contribution >= 4 is 39.7 Å². The van der Waals surface area contributed by atoms with Crippen molar-refractivity contribution in [2.24, 2.45) is 0 Å². The van der Waals surface area contributed by atoms with E-state index in [1.807, 2.05) is 0 Å². The predicted octanol–water partition coefficient (Wildman–Crippen LogP) is 2.66. The van der Waals surface area contributed by atoms with Crippen molar-refractivity contribution in [1.29, 1.82) is 0 Å². The molecule has 0 spiro atoms. The highest BCUT2D eigenvalue weighted by Gasteiger charge is 2.15. The first-order valence-corrected chi connectivity index (χ1v) is 6.95. The summed E-state index contributed by atoms with van der Waals surface area (Å²) in [5, 5.41) is 18.1. The molecule has 0 radical (unpaired) electrons. The number of amides is 3. The molecule has 1 aromatic heterocycles. The minimum Gasteiger partial charge on any atom is -0.341 e. The molecule has 0 unspecified atom stereocenters. The van der Waals surface area contributed by atoms with Crippen LogP contribution in [0.2, 0.25) is 0 Å². The van der Waals surface area contributed by atoms with Crippen molar-refractivity contribution in [2.45, 2.75) is 0 Å². The summed E-state index contributed by atoms with van der Waals surface area (Å²) in [6, 6.07) is 8.86. The van der Waals surface area contributed by atoms with E-state index in [1.165, 1.54) is 19.2 Å². The van der Waals surface area contributed by atoms with Crippen molar-refractivity contribution in [1.82, 2.24) is 5.32 Å². The van der Waals surface area contributed by atoms with Gasteiger partial charge in [0.2, 0.25) is 0 Å². The third-order valence-electron chi connectivity index (χ3n) is 2.60. The van der Waals surface area contributed by atoms with Crippen LogP contribution in [-0.4, -0.2) is 23.9 Å². The number of hydrogen-bond acceptors (Lipinski definition) is 5. The zero-order valence-corrected chi connectivity index (χ0v) is 12.3. The van der Waals surface area contributed by atoms with Gasteiger partial charge in [0.05, 0.1) is 9.80 Å². The lowest BCUT2D eigenvalue weighted by Crippen LogP contribution is -2.24. The molecule has 9 heteroatoms. The zero-order chi connectivity index (χ0) is 16.1. The number of nitro groups is 1. The summed E-state index contributed by atoms with van der Waals surface area (Å²) < 4.78 is 0. The highest BCUT2D eigenvalue weighted by Crippen LogP contribution is 2.25. The molecule has 22 heavy (non-hydrogen) atoms. The maximum atomic E-state index is 12.0. The Balaban J connectivity index is 2.09. The Kier molecular flexibility index (Phi) is 4.69. The summed E-state index contributed by atoms with van der Waals surface area (Å²) >= 11 is 0.796. The van der Waals surface area contributed by atoms with Crippen LogP contribution in [0.1, 0.15) is 9.67 Å². The zero-order valence-electron chi connectivity index (χ0n) is 11.5. The molecule has 8 nitrogen and oxygen atoms in total. The number of hydrogen-bond donors (Lipinski definition) is 3. The summed E-state index contributed by atoms with van der Waals surface area (Å²) in [4.78, 5) is 33.5. The Morgan fingerprint density at radius 2 is 1.82 bits per heavy atom. The lowest BCUT2D eigenvalue weighted by Gasteiger charge is -2.07. The van der Waals surface area contributed by atoms with Crippen LogP contribution in [0.15, 0.2) is 36.4 Å². The van der Waals surface area contributed by atoms with Gasteiger partial charge in [0.1, 0.15) is 0 Å². The molecule has 114 valence electrons. The minimum atomic E-state index is -0.546. The summed E-state index contributed by atoms with van der Waals surface area (Å²) in [5.74, 6) is -0.449. The lowest BCUT2D eigenvalue weighted by molar-refractivity contribution is -0.380. The molecule has 1 heterocycles. The first-order chi connectivity index (χ1) is 10.5. The van der Waals surface area contributed by atoms with E-state index in [9.17, 15) is 19.7 Å². The van der Waals surface area contributed by atoms with Crippen LogP contribution in [0.5, 0.6) is 0 Å². The van der Waals surface area contributed by atoms with Gasteiger partial charge in [-0.3, -0.25) is 14.9 Å². The normalized spacial score (nSPS) is 9.86. The van der Waals surface area contributed by atoms with Gasteiger partial charge in [-0.25, -0.2) is 4.79 Å². The standard InChI is InChI=1S/C13H12N4O4S/c1-14-13(19)16-9-4-2-3-8(7-9)15-12(18)10-5-6-11(22-10)17(20)21/h2-7H,1H3,(H,15,18)(H2,14,16,19). The first kappa shape index (κ1) is 15.4. The molecule has 0 aliphatic heterocycles. The average molecular weight is 320 g/mol. The minimum absolute atomic E-state index is 0.0971. The maximum absolute atomic E-state index is 12.0. The number of rotatable bonds is 4. The van der Waals surface area contributed by atoms with Crippen molar-refractivity contribution in [2.75, 3.05) is 17.7 Å². The van der Waals surface area contributed by atoms with Gasteiger partial charge in [-0.2, -0.15) is 0 Å². The molecule has 2 rings (SSSR count). The van der Waals surface area contributed by atoms with Gasteiger partial charge in [0.15, 0.2) is 0 Å². The monoisotopic (exact) mass is 320 g/mol. The second-order valence-electron chi connectivity index (χ2n) is 4.13. The summed E-state index contributed by atoms with van der Waals surface area (Å²) in [6.45, 7) is 0. The molecule has 0 saturated heterocycles. The third-order valence-corrected chi connectivity index (χ3v) is 3.64. The second kappa shape index (κ2) is 6.68. The molecular formula is C13H12N4O4S. The number of carbonyl (C=O) groups excluding carboxylic acids is 2. The summed E-state index contributed by atoms with van der Waals surface area (Å²) in [5.41, 5.74) is 0.976. The van der Waals surface area contributed by atoms with Crippen LogP contribution in [0.4, 0.5) is 21.2 Å². The Labute approximate surface area is 129 Å². The highest BCUT2D eigenvalue weighted by atomic mass is 32.1. The maximum Gasteiger partial charge on any atom is 0.324 e. The van der Waals surface area contributed by atoms with Gasteiger partial charge < -0.3 is 16.0 Å². The van der Waals surface area contributed by atoms with Crippen molar-refractivity contribution in [3.05, 3.63) is 51.4 Å². The largest absolute Gasteiger partial charge is 0.341 e. The summed E-state index contributed by atoms with van der Waals surface area (Å²) in [6.07, 6.45) is 0. The molecular weight excluding hydrogens is 308 g/mol. The van der Waals surface area contributed by atoms with E-state index in [-0.39, 0.29) is 15.9 Å². The van der Waals surface area contributed by atoms with Crippen LogP contribution in [0, 0.1) is 10.1 Å². The van der Waals surface area contributed by atoms with Crippen LogP contribution < -0.4 is 16.0 Å². The smallest absolute Gasteiger partial charge is 0.324 e. The number of anilines is 2. The van der Waals surface area contributed by atoms with E-state index in [1.54, 1.807) is 24.3 Å². The fourth-order valence-electron chi connectivity index (χ4n) is 1.61. The number of thiophene rings is 1. The van der Waals surface area contributed by atoms with E-state index in [0.717, 1.165) is 11.3 Å². The number of nitrogens with one attached hydrogen (secondary N) is 3. The number of carbonyl (C=O) groups is 2. The molecule has 3 amide bonds. The molecule has 0 aliphatic carbocycles. The van der Waals surface area contributed by atoms with Crippen LogP contribution in [0.25, 0.3) is 0 Å². The second-order valence-corrected chi connectivity index (χ2v) is 5.20. The van der Waals surface area contributed by atoms with Gasteiger partial charge in [-0.05, 0) is 24.3 Å². The van der Waals surface area contributed by atoms with Crippen LogP contribution in [0.3, 0.4) is 0 Å². The molecule has 0 saturated carbocycles. The van der Waals surface area contributed by atoms with E-state index < -0.39 is 10.8 Å². The Morgan fingerprint density at radius 1 is 1.14 bits per heavy atom. The molecule has 2 aromatic rings. The van der Waals surface area contributed by atoms with E-state index >= 15 is 0 Å². The third kappa shape index (κ3) is 3.79. The lowest BCUT2D eigenvalue weighted by atomic mass is 10.2. The number of nitrogens with zero attached hydrogens (tertiary/aromatic N) is 1. The van der Waals surface area contributed by atoms with Crippen LogP contribution >= 0.6 is 11.3 Å². The van der Waals surface area contributed by atoms with Gasteiger partial charge in [-0.1, -0.05) is 17.4 Å². The number of urea groups is 1. The van der Waals surface area contributed by atoms with E-state index in [2.05, 4.69) is 16.0 Å². The van der Waals surface area contributed by atoms with E-state index in [4.69, 9.17) is 0 Å². The molecule has 0 atom stereocenters. The molecule has 3 N–H and O–H groups in total. The molecule has 0 aliphatic rings. The molecule has 1 aromatic carbocycles. The van der Waals surface area contributed by atoms with Crippen molar-refractivity contribution in [3.63, 3.8) is 0 Å². The van der Waals surface area contributed by atoms with Crippen molar-refractivity contribution < 1.29 is 14.5 Å². The van der Waals surface area contributed by atoms with E-state index in [0.29, 0.717) is 11.4 Å². The topological polar surface area (TPSA) is 113 Å². The van der Waals surface area contributed by atoms with Crippen LogP contribution in [-0.2, 0) is 0 Å². The fourth-order valence-corrected chi connectivity index (χ4v) is 2.32. The Bertz CT molecular complexity index is 728. The molecule has 0 bridgehead atoms. The van der Waals surface area contributed by atoms with Gasteiger partial charge in [-0.15, -0.1) is 0 Å². The van der Waals surface area contributed by atoms with Gasteiger partial charge >= 0.3 is 11.0 Å². The molecule has 0 fully saturated rings. The fraction of sp³-hybridized carbons (Fsp3) is 0.0769. The number of benzene rings is 1. The SMILES string of the molecule is CNC(=O)Nc1cccc(NC(=O)c2ccc([N+](=O)[O-])s2)c1. The Morgan fingerprint density at radius 3 is 2.41 bits per heavy atom.